The van der Waals surface area contributed by atoms with E-state index >= 15 is 0 Å². The van der Waals surface area contributed by atoms with Gasteiger partial charge in [-0.1, -0.05) is 11.6 Å². The third-order valence-corrected chi connectivity index (χ3v) is 4.57. The molecule has 1 amide bonds. The Bertz CT molecular complexity index is 962. The van der Waals surface area contributed by atoms with Gasteiger partial charge >= 0.3 is 11.9 Å². The van der Waals surface area contributed by atoms with Crippen molar-refractivity contribution in [3.63, 3.8) is 0 Å². The number of carbonyl (C=O) groups excluding carboxylic acids is 1. The Morgan fingerprint density at radius 1 is 1.19 bits per heavy atom. The van der Waals surface area contributed by atoms with E-state index in [1.54, 1.807) is 35.4 Å². The van der Waals surface area contributed by atoms with Gasteiger partial charge in [-0.25, -0.2) is 14.6 Å². The van der Waals surface area contributed by atoms with E-state index in [1.165, 1.54) is 0 Å². The Labute approximate surface area is 190 Å². The molecule has 10 heteroatoms. The summed E-state index contributed by atoms with van der Waals surface area (Å²) in [6, 6.07) is 10.8. The lowest BCUT2D eigenvalue weighted by Crippen LogP contribution is -2.38. The van der Waals surface area contributed by atoms with E-state index in [0.29, 0.717) is 35.2 Å². The molecule has 0 radical (unpaired) electrons. The van der Waals surface area contributed by atoms with Crippen molar-refractivity contribution in [1.29, 1.82) is 0 Å². The van der Waals surface area contributed by atoms with Crippen molar-refractivity contribution in [3.05, 3.63) is 65.3 Å². The minimum absolute atomic E-state index is 0.104. The van der Waals surface area contributed by atoms with E-state index in [2.05, 4.69) is 9.88 Å². The summed E-state index contributed by atoms with van der Waals surface area (Å²) < 4.78 is 6.03. The number of ether oxygens (including phenoxy) is 1. The predicted octanol–water partition coefficient (Wildman–Crippen LogP) is 2.81. The van der Waals surface area contributed by atoms with Gasteiger partial charge in [0, 0.05) is 35.6 Å². The number of anilines is 1. The Morgan fingerprint density at radius 2 is 1.81 bits per heavy atom. The van der Waals surface area contributed by atoms with E-state index in [-0.39, 0.29) is 12.0 Å². The zero-order chi connectivity index (χ0) is 23.7. The van der Waals surface area contributed by atoms with Crippen molar-refractivity contribution >= 4 is 35.1 Å². The number of hydrogen-bond donors (Lipinski definition) is 2. The molecule has 9 nitrogen and oxygen atoms in total. The Kier molecular flexibility index (Phi) is 9.18. The maximum absolute atomic E-state index is 13.0. The van der Waals surface area contributed by atoms with Crippen molar-refractivity contribution in [3.8, 4) is 5.88 Å². The van der Waals surface area contributed by atoms with Crippen LogP contribution in [0.15, 0.2) is 54.7 Å². The number of carboxylic acids is 2. The summed E-state index contributed by atoms with van der Waals surface area (Å²) in [6.45, 7) is 1.35. The Morgan fingerprint density at radius 3 is 2.38 bits per heavy atom. The summed E-state index contributed by atoms with van der Waals surface area (Å²) in [5, 5.41) is 16.3. The first-order valence-electron chi connectivity index (χ1n) is 9.65. The second-order valence-electron chi connectivity index (χ2n) is 7.09. The molecule has 1 aromatic carbocycles. The molecule has 0 bridgehead atoms. The Balaban J connectivity index is 0.000000390. The summed E-state index contributed by atoms with van der Waals surface area (Å²) >= 11 is 5.97. The SMILES string of the molecule is CN(C)CCC1CN(c2ccc(Cl)cc2)C(=O)c2cccnc2O1.O=C(O)C=CC(=O)O. The van der Waals surface area contributed by atoms with Gasteiger partial charge in [0.1, 0.15) is 11.7 Å². The molecule has 1 aliphatic rings. The van der Waals surface area contributed by atoms with E-state index in [9.17, 15) is 14.4 Å². The fourth-order valence-corrected chi connectivity index (χ4v) is 2.94. The maximum Gasteiger partial charge on any atom is 0.328 e. The first-order chi connectivity index (χ1) is 15.2. The average molecular weight is 462 g/mol. The van der Waals surface area contributed by atoms with Crippen molar-refractivity contribution in [1.82, 2.24) is 9.88 Å². The molecule has 2 aromatic rings. The van der Waals surface area contributed by atoms with Gasteiger partial charge in [0.2, 0.25) is 5.88 Å². The highest BCUT2D eigenvalue weighted by Gasteiger charge is 2.30. The molecule has 0 aliphatic carbocycles. The number of carbonyl (C=O) groups is 3. The van der Waals surface area contributed by atoms with Crippen molar-refractivity contribution in [2.75, 3.05) is 32.1 Å². The first kappa shape index (κ1) is 24.8. The summed E-state index contributed by atoms with van der Waals surface area (Å²) in [5.41, 5.74) is 1.29. The number of amides is 1. The van der Waals surface area contributed by atoms with Crippen molar-refractivity contribution < 1.29 is 29.3 Å². The van der Waals surface area contributed by atoms with E-state index in [4.69, 9.17) is 26.6 Å². The van der Waals surface area contributed by atoms with Crippen LogP contribution in [-0.2, 0) is 9.59 Å². The lowest BCUT2D eigenvalue weighted by Gasteiger charge is -2.25. The fourth-order valence-electron chi connectivity index (χ4n) is 2.81. The quantitative estimate of drug-likeness (QED) is 0.630. The van der Waals surface area contributed by atoms with E-state index < -0.39 is 11.9 Å². The highest BCUT2D eigenvalue weighted by atomic mass is 35.5. The maximum atomic E-state index is 13.0. The highest BCUT2D eigenvalue weighted by Crippen LogP contribution is 2.28. The van der Waals surface area contributed by atoms with Crippen LogP contribution in [0.2, 0.25) is 5.02 Å². The predicted molar refractivity (Wildman–Crippen MR) is 119 cm³/mol. The number of fused-ring (bicyclic) bond motifs is 1. The number of benzene rings is 1. The van der Waals surface area contributed by atoms with Gasteiger partial charge in [-0.15, -0.1) is 0 Å². The number of aliphatic carboxylic acids is 2. The number of rotatable bonds is 6. The lowest BCUT2D eigenvalue weighted by molar-refractivity contribution is -0.134. The molecule has 1 atom stereocenters. The number of halogens is 1. The summed E-state index contributed by atoms with van der Waals surface area (Å²) in [4.78, 5) is 40.2. The molecular formula is C22H24ClN3O6. The topological polar surface area (TPSA) is 120 Å². The first-order valence-corrected chi connectivity index (χ1v) is 10.0. The molecule has 0 fully saturated rings. The standard InChI is InChI=1S/C18H20ClN3O2.C4H4O4/c1-21(2)11-9-15-12-22(14-7-5-13(19)6-8-14)18(23)16-4-3-10-20-17(16)24-15;5-3(6)1-2-4(7)8/h3-8,10,15H,9,11-12H2,1-2H3;1-2H,(H,5,6)(H,7,8). The highest BCUT2D eigenvalue weighted by molar-refractivity contribution is 6.30. The Hall–Kier alpha value is -3.43. The lowest BCUT2D eigenvalue weighted by atomic mass is 10.2. The fraction of sp³-hybridized carbons (Fsp3) is 0.273. The number of pyridine rings is 1. The van der Waals surface area contributed by atoms with E-state index in [1.807, 2.05) is 26.2 Å². The van der Waals surface area contributed by atoms with Gasteiger partial charge in [-0.2, -0.15) is 0 Å². The van der Waals surface area contributed by atoms with E-state index in [0.717, 1.165) is 18.7 Å². The second kappa shape index (κ2) is 11.8. The smallest absolute Gasteiger partial charge is 0.328 e. The minimum Gasteiger partial charge on any atom is -0.478 e. The molecule has 0 saturated heterocycles. The number of nitrogens with zero attached hydrogens (tertiary/aromatic N) is 3. The molecule has 2 N–H and O–H groups in total. The second-order valence-corrected chi connectivity index (χ2v) is 7.53. The van der Waals surface area contributed by atoms with Crippen LogP contribution in [0.3, 0.4) is 0 Å². The minimum atomic E-state index is -1.26. The normalized spacial score (nSPS) is 15.4. The van der Waals surface area contributed by atoms with Gasteiger partial charge in [0.05, 0.1) is 6.54 Å². The molecule has 0 spiro atoms. The molecule has 0 saturated carbocycles. The van der Waals surface area contributed by atoms with Gasteiger partial charge in [-0.3, -0.25) is 4.79 Å². The van der Waals surface area contributed by atoms with Crippen molar-refractivity contribution in [2.24, 2.45) is 0 Å². The molecule has 32 heavy (non-hydrogen) atoms. The van der Waals surface area contributed by atoms with Crippen LogP contribution in [0.4, 0.5) is 5.69 Å². The average Bonchev–Trinajstić information content (AvgIpc) is 2.88. The van der Waals surface area contributed by atoms with Gasteiger partial charge < -0.3 is 24.7 Å². The molecule has 1 unspecified atom stereocenters. The summed E-state index contributed by atoms with van der Waals surface area (Å²) in [6.07, 6.45) is 3.45. The number of hydrogen-bond acceptors (Lipinski definition) is 6. The number of aromatic nitrogens is 1. The molecule has 1 aliphatic heterocycles. The summed E-state index contributed by atoms with van der Waals surface area (Å²) in [5.74, 6) is -2.21. The zero-order valence-electron chi connectivity index (χ0n) is 17.6. The van der Waals surface area contributed by atoms with Crippen LogP contribution in [0.1, 0.15) is 16.8 Å². The van der Waals surface area contributed by atoms with Crippen LogP contribution in [0.5, 0.6) is 5.88 Å². The van der Waals surface area contributed by atoms with Crippen LogP contribution in [0, 0.1) is 0 Å². The van der Waals surface area contributed by atoms with Gasteiger partial charge in [0.15, 0.2) is 0 Å². The van der Waals surface area contributed by atoms with Crippen LogP contribution in [0.25, 0.3) is 0 Å². The monoisotopic (exact) mass is 461 g/mol. The molecule has 3 rings (SSSR count). The number of carboxylic acid groups (broad SMARTS) is 2. The third kappa shape index (κ3) is 7.68. The summed E-state index contributed by atoms with van der Waals surface area (Å²) in [7, 11) is 4.04. The van der Waals surface area contributed by atoms with Gasteiger partial charge in [0.25, 0.3) is 5.91 Å². The molecular weight excluding hydrogens is 438 g/mol. The van der Waals surface area contributed by atoms with Crippen molar-refractivity contribution in [2.45, 2.75) is 12.5 Å². The van der Waals surface area contributed by atoms with Crippen LogP contribution < -0.4 is 9.64 Å². The van der Waals surface area contributed by atoms with Crippen LogP contribution in [-0.4, -0.2) is 71.2 Å². The molecule has 170 valence electrons. The molecule has 2 heterocycles. The van der Waals surface area contributed by atoms with Gasteiger partial charge in [-0.05, 0) is 56.9 Å². The third-order valence-electron chi connectivity index (χ3n) is 4.32. The molecule has 1 aromatic heterocycles. The van der Waals surface area contributed by atoms with Crippen LogP contribution >= 0.6 is 11.6 Å². The largest absolute Gasteiger partial charge is 0.478 e. The zero-order valence-corrected chi connectivity index (χ0v) is 18.4.